The molecule has 2 aliphatic rings. The van der Waals surface area contributed by atoms with Crippen LogP contribution in [0.3, 0.4) is 0 Å². The van der Waals surface area contributed by atoms with E-state index in [-0.39, 0.29) is 43.4 Å². The average Bonchev–Trinajstić information content (AvgIpc) is 3.58. The van der Waals surface area contributed by atoms with E-state index >= 15 is 0 Å². The molecule has 0 aliphatic carbocycles. The van der Waals surface area contributed by atoms with E-state index in [0.29, 0.717) is 13.1 Å². The number of hydrogen-bond acceptors (Lipinski definition) is 6. The van der Waals surface area contributed by atoms with Gasteiger partial charge in [-0.25, -0.2) is 4.79 Å². The van der Waals surface area contributed by atoms with Gasteiger partial charge >= 0.3 is 6.03 Å². The first-order valence-corrected chi connectivity index (χ1v) is 16.6. The molecular weight excluding hydrogens is 590 g/mol. The van der Waals surface area contributed by atoms with Crippen molar-refractivity contribution >= 4 is 6.03 Å². The van der Waals surface area contributed by atoms with E-state index in [4.69, 9.17) is 9.47 Å². The number of aliphatic hydroxyl groups excluding tert-OH is 2. The lowest BCUT2D eigenvalue weighted by molar-refractivity contribution is -0.276. The third-order valence-corrected chi connectivity index (χ3v) is 9.42. The number of nitrogens with one attached hydrogen (secondary N) is 2. The van der Waals surface area contributed by atoms with E-state index in [1.54, 1.807) is 0 Å². The first kappa shape index (κ1) is 32.9. The van der Waals surface area contributed by atoms with Crippen LogP contribution >= 0.6 is 0 Å². The highest BCUT2D eigenvalue weighted by Crippen LogP contribution is 2.43. The monoisotopic (exact) mass is 635 g/mol. The van der Waals surface area contributed by atoms with Crippen LogP contribution in [0.25, 0.3) is 11.1 Å². The third kappa shape index (κ3) is 8.27. The fraction of sp³-hybridized carbons (Fsp3) is 0.359. The van der Waals surface area contributed by atoms with E-state index in [2.05, 4.69) is 46.7 Å². The smallest absolute Gasteiger partial charge is 0.315 e. The highest BCUT2D eigenvalue weighted by atomic mass is 16.7. The Kier molecular flexibility index (Phi) is 11.0. The van der Waals surface area contributed by atoms with Crippen molar-refractivity contribution < 1.29 is 24.5 Å². The van der Waals surface area contributed by atoms with E-state index < -0.39 is 6.29 Å². The number of likely N-dealkylation sites (tertiary alicyclic amines) is 1. The van der Waals surface area contributed by atoms with Crippen molar-refractivity contribution in [1.82, 2.24) is 15.5 Å². The number of rotatable bonds is 11. The number of urea groups is 1. The van der Waals surface area contributed by atoms with Crippen LogP contribution in [0.1, 0.15) is 60.0 Å². The Morgan fingerprint density at radius 2 is 1.49 bits per heavy atom. The van der Waals surface area contributed by atoms with Crippen LogP contribution in [0.5, 0.6) is 0 Å². The minimum atomic E-state index is -0.577. The molecule has 8 heteroatoms. The first-order chi connectivity index (χ1) is 23.0. The minimum absolute atomic E-state index is 0.00125. The van der Waals surface area contributed by atoms with Crippen molar-refractivity contribution in [1.29, 1.82) is 0 Å². The number of aliphatic hydroxyl groups is 2. The zero-order valence-corrected chi connectivity index (χ0v) is 26.9. The van der Waals surface area contributed by atoms with Crippen LogP contribution in [0.15, 0.2) is 103 Å². The summed E-state index contributed by atoms with van der Waals surface area (Å²) in [5.74, 6) is 0.0726. The number of hydrogen-bond donors (Lipinski definition) is 4. The summed E-state index contributed by atoms with van der Waals surface area (Å²) < 4.78 is 13.5. The minimum Gasteiger partial charge on any atom is -0.395 e. The standard InChI is InChI=1S/C39H45N3O5/c1-27-36(24-42-19-7-14-35(42)26-44)46-38(47-37(27)31-17-15-29(25-43)16-18-31)34-13-6-12-33(21-34)32-11-5-10-30(20-32)23-41-39(45)40-22-28-8-3-2-4-9-28/h2-6,8-13,15-18,20-21,27,35-38,43-44H,7,14,19,22-26H2,1H3,(H2,40,41,45). The number of benzene rings is 4. The van der Waals surface area contributed by atoms with E-state index in [0.717, 1.165) is 64.9 Å². The number of amides is 2. The zero-order chi connectivity index (χ0) is 32.6. The molecule has 2 amide bonds. The topological polar surface area (TPSA) is 103 Å². The normalized spacial score (nSPS) is 23.0. The van der Waals surface area contributed by atoms with Crippen LogP contribution in [-0.4, -0.2) is 53.0 Å². The quantitative estimate of drug-likeness (QED) is 0.159. The summed E-state index contributed by atoms with van der Waals surface area (Å²) in [4.78, 5) is 14.8. The summed E-state index contributed by atoms with van der Waals surface area (Å²) in [6, 6.07) is 34.2. The molecule has 2 heterocycles. The third-order valence-electron chi connectivity index (χ3n) is 9.42. The number of nitrogens with zero attached hydrogens (tertiary/aromatic N) is 1. The van der Waals surface area contributed by atoms with Gasteiger partial charge in [-0.1, -0.05) is 97.9 Å². The summed E-state index contributed by atoms with van der Waals surface area (Å²) in [5.41, 5.74) is 6.96. The predicted octanol–water partition coefficient (Wildman–Crippen LogP) is 6.09. The van der Waals surface area contributed by atoms with Crippen molar-refractivity contribution in [3.8, 4) is 11.1 Å². The molecule has 4 aromatic carbocycles. The Morgan fingerprint density at radius 1 is 0.787 bits per heavy atom. The van der Waals surface area contributed by atoms with E-state index in [9.17, 15) is 15.0 Å². The first-order valence-electron chi connectivity index (χ1n) is 16.6. The van der Waals surface area contributed by atoms with Crippen LogP contribution in [0.2, 0.25) is 0 Å². The zero-order valence-electron chi connectivity index (χ0n) is 26.9. The van der Waals surface area contributed by atoms with Gasteiger partial charge < -0.3 is 30.3 Å². The SMILES string of the molecule is CC1C(CN2CCCC2CO)OC(c2cccc(-c3cccc(CNC(=O)NCc4ccccc4)c3)c2)OC1c1ccc(CO)cc1. The van der Waals surface area contributed by atoms with Crippen molar-refractivity contribution in [2.24, 2.45) is 5.92 Å². The van der Waals surface area contributed by atoms with Crippen molar-refractivity contribution in [3.05, 3.63) is 131 Å². The van der Waals surface area contributed by atoms with Gasteiger partial charge in [0.25, 0.3) is 0 Å². The van der Waals surface area contributed by atoms with Gasteiger partial charge in [0.05, 0.1) is 25.4 Å². The fourth-order valence-electron chi connectivity index (χ4n) is 6.65. The molecule has 246 valence electrons. The van der Waals surface area contributed by atoms with Crippen LogP contribution < -0.4 is 10.6 Å². The summed E-state index contributed by atoms with van der Waals surface area (Å²) in [6.07, 6.45) is 1.19. The molecule has 2 fully saturated rings. The number of carbonyl (C=O) groups is 1. The summed E-state index contributed by atoms with van der Waals surface area (Å²) >= 11 is 0. The second kappa shape index (κ2) is 15.7. The van der Waals surface area contributed by atoms with Gasteiger partial charge in [0, 0.05) is 37.2 Å². The fourth-order valence-corrected chi connectivity index (χ4v) is 6.65. The lowest BCUT2D eigenvalue weighted by atomic mass is 9.89. The predicted molar refractivity (Wildman–Crippen MR) is 182 cm³/mol. The molecule has 0 bridgehead atoms. The van der Waals surface area contributed by atoms with Crippen LogP contribution in [-0.2, 0) is 29.2 Å². The largest absolute Gasteiger partial charge is 0.395 e. The van der Waals surface area contributed by atoms with Gasteiger partial charge in [-0.3, -0.25) is 4.90 Å². The lowest BCUT2D eigenvalue weighted by Gasteiger charge is -2.43. The van der Waals surface area contributed by atoms with Crippen LogP contribution in [0, 0.1) is 5.92 Å². The Bertz CT molecular complexity index is 1600. The molecule has 2 saturated heterocycles. The summed E-state index contributed by atoms with van der Waals surface area (Å²) in [7, 11) is 0. The maximum atomic E-state index is 12.4. The molecule has 0 saturated carbocycles. The molecule has 5 unspecified atom stereocenters. The highest BCUT2D eigenvalue weighted by Gasteiger charge is 2.40. The molecule has 5 atom stereocenters. The maximum Gasteiger partial charge on any atom is 0.315 e. The molecular formula is C39H45N3O5. The maximum absolute atomic E-state index is 12.4. The van der Waals surface area contributed by atoms with Gasteiger partial charge in [0.1, 0.15) is 0 Å². The average molecular weight is 636 g/mol. The lowest BCUT2D eigenvalue weighted by Crippen LogP contribution is -2.46. The van der Waals surface area contributed by atoms with Gasteiger partial charge in [0.2, 0.25) is 0 Å². The molecule has 0 aromatic heterocycles. The Labute approximate surface area is 277 Å². The molecule has 2 aliphatic heterocycles. The Morgan fingerprint density at radius 3 is 2.23 bits per heavy atom. The molecule has 0 spiro atoms. The van der Waals surface area contributed by atoms with Crippen LogP contribution in [0.4, 0.5) is 4.79 Å². The summed E-state index contributed by atoms with van der Waals surface area (Å²) in [5, 5.41) is 25.4. The van der Waals surface area contributed by atoms with Gasteiger partial charge in [-0.15, -0.1) is 0 Å². The highest BCUT2D eigenvalue weighted by molar-refractivity contribution is 5.74. The summed E-state index contributed by atoms with van der Waals surface area (Å²) in [6.45, 7) is 4.89. The van der Waals surface area contributed by atoms with Crippen molar-refractivity contribution in [2.45, 2.75) is 64.0 Å². The molecule has 8 nitrogen and oxygen atoms in total. The molecule has 47 heavy (non-hydrogen) atoms. The molecule has 0 radical (unpaired) electrons. The van der Waals surface area contributed by atoms with E-state index in [1.807, 2.05) is 78.9 Å². The second-order valence-corrected chi connectivity index (χ2v) is 12.6. The Hall–Kier alpha value is -4.05. The van der Waals surface area contributed by atoms with Crippen molar-refractivity contribution in [2.75, 3.05) is 19.7 Å². The van der Waals surface area contributed by atoms with E-state index in [1.165, 1.54) is 0 Å². The molecule has 6 rings (SSSR count). The Balaban J connectivity index is 1.17. The second-order valence-electron chi connectivity index (χ2n) is 12.6. The molecule has 4 N–H and O–H groups in total. The molecule has 4 aromatic rings. The number of ether oxygens (including phenoxy) is 2. The van der Waals surface area contributed by atoms with Gasteiger partial charge in [0.15, 0.2) is 6.29 Å². The van der Waals surface area contributed by atoms with Gasteiger partial charge in [-0.05, 0) is 64.9 Å². The van der Waals surface area contributed by atoms with Crippen molar-refractivity contribution in [3.63, 3.8) is 0 Å². The van der Waals surface area contributed by atoms with Gasteiger partial charge in [-0.2, -0.15) is 0 Å². The number of carbonyl (C=O) groups excluding carboxylic acids is 1.